The third-order valence-electron chi connectivity index (χ3n) is 4.80. The highest BCUT2D eigenvalue weighted by molar-refractivity contribution is 7.98. The lowest BCUT2D eigenvalue weighted by Crippen LogP contribution is -2.48. The maximum atomic E-state index is 12.9. The van der Waals surface area contributed by atoms with Crippen LogP contribution in [-0.2, 0) is 24.3 Å². The molecule has 1 N–H and O–H groups in total. The molecule has 1 amide bonds. The average molecular weight is 434 g/mol. The van der Waals surface area contributed by atoms with E-state index in [0.717, 1.165) is 0 Å². The van der Waals surface area contributed by atoms with Gasteiger partial charge in [-0.1, -0.05) is 5.16 Å². The summed E-state index contributed by atoms with van der Waals surface area (Å²) in [5, 5.41) is 6.46. The minimum atomic E-state index is -3.71. The fourth-order valence-electron chi connectivity index (χ4n) is 3.25. The topological polar surface area (TPSA) is 119 Å². The highest BCUT2D eigenvalue weighted by atomic mass is 32.2. The van der Waals surface area contributed by atoms with E-state index in [1.165, 1.54) is 11.4 Å². The second-order valence-corrected chi connectivity index (χ2v) is 9.56. The molecule has 0 saturated carbocycles. The van der Waals surface area contributed by atoms with E-state index in [-0.39, 0.29) is 35.6 Å². The molecule has 0 unspecified atom stereocenters. The van der Waals surface area contributed by atoms with Crippen LogP contribution in [0, 0.1) is 19.8 Å². The van der Waals surface area contributed by atoms with Gasteiger partial charge in [-0.15, -0.1) is 0 Å². The van der Waals surface area contributed by atoms with Crippen LogP contribution in [0.2, 0.25) is 0 Å². The summed E-state index contributed by atoms with van der Waals surface area (Å²) in [5.41, 5.74) is 0.326. The molecule has 2 rings (SSSR count). The molecule has 28 heavy (non-hydrogen) atoms. The molecule has 2 heterocycles. The maximum Gasteiger partial charge on any atom is 0.328 e. The van der Waals surface area contributed by atoms with E-state index in [4.69, 9.17) is 9.26 Å². The van der Waals surface area contributed by atoms with E-state index in [1.807, 2.05) is 6.26 Å². The standard InChI is InChI=1S/C17H27N3O6S2/c1-11-15(12(2)26-19-11)28(23,24)20-8-5-13(6-9-20)16(21)18-14(7-10-27-4)17(22)25-3/h13-14H,5-10H2,1-4H3,(H,18,21)/t14-/m0/s1. The van der Waals surface area contributed by atoms with Crippen LogP contribution in [0.3, 0.4) is 0 Å². The molecule has 0 aliphatic carbocycles. The number of rotatable bonds is 8. The number of hydrogen-bond donors (Lipinski definition) is 1. The summed E-state index contributed by atoms with van der Waals surface area (Å²) in [6, 6.07) is -0.686. The van der Waals surface area contributed by atoms with Crippen molar-refractivity contribution in [3.8, 4) is 0 Å². The minimum Gasteiger partial charge on any atom is -0.467 e. The van der Waals surface area contributed by atoms with Gasteiger partial charge in [-0.3, -0.25) is 4.79 Å². The van der Waals surface area contributed by atoms with E-state index < -0.39 is 22.0 Å². The van der Waals surface area contributed by atoms with Gasteiger partial charge in [-0.25, -0.2) is 13.2 Å². The van der Waals surface area contributed by atoms with E-state index in [2.05, 4.69) is 10.5 Å². The summed E-state index contributed by atoms with van der Waals surface area (Å²) in [7, 11) is -2.42. The van der Waals surface area contributed by atoms with Gasteiger partial charge in [0.15, 0.2) is 5.76 Å². The number of hydrogen-bond acceptors (Lipinski definition) is 8. The van der Waals surface area contributed by atoms with Gasteiger partial charge >= 0.3 is 5.97 Å². The van der Waals surface area contributed by atoms with Crippen LogP contribution in [0.15, 0.2) is 9.42 Å². The van der Waals surface area contributed by atoms with Crippen LogP contribution in [0.25, 0.3) is 0 Å². The lowest BCUT2D eigenvalue weighted by Gasteiger charge is -2.31. The number of aromatic nitrogens is 1. The zero-order chi connectivity index (χ0) is 20.9. The number of piperidine rings is 1. The zero-order valence-corrected chi connectivity index (χ0v) is 18.2. The Bertz CT molecular complexity index is 780. The Morgan fingerprint density at radius 1 is 1.36 bits per heavy atom. The lowest BCUT2D eigenvalue weighted by molar-refractivity contribution is -0.145. The summed E-state index contributed by atoms with van der Waals surface area (Å²) >= 11 is 1.58. The normalized spacial score (nSPS) is 17.3. The molecular weight excluding hydrogens is 406 g/mol. The van der Waals surface area contributed by atoms with Crippen LogP contribution in [0.5, 0.6) is 0 Å². The summed E-state index contributed by atoms with van der Waals surface area (Å²) in [6.45, 7) is 3.59. The molecule has 11 heteroatoms. The number of nitrogens with zero attached hydrogens (tertiary/aromatic N) is 2. The molecule has 1 aromatic rings. The number of methoxy groups -OCH3 is 1. The molecule has 1 atom stereocenters. The highest BCUT2D eigenvalue weighted by Gasteiger charge is 2.36. The van der Waals surface area contributed by atoms with Gasteiger partial charge in [0.1, 0.15) is 16.6 Å². The number of carbonyl (C=O) groups is 2. The first kappa shape index (κ1) is 22.7. The Morgan fingerprint density at radius 3 is 2.50 bits per heavy atom. The third-order valence-corrected chi connectivity index (χ3v) is 7.59. The van der Waals surface area contributed by atoms with Gasteiger partial charge < -0.3 is 14.6 Å². The average Bonchev–Trinajstić information content (AvgIpc) is 3.03. The number of esters is 1. The molecule has 1 saturated heterocycles. The first-order valence-corrected chi connectivity index (χ1v) is 11.9. The molecule has 9 nitrogen and oxygen atoms in total. The molecule has 1 fully saturated rings. The number of aryl methyl sites for hydroxylation is 2. The van der Waals surface area contributed by atoms with Crippen molar-refractivity contribution in [2.24, 2.45) is 5.92 Å². The van der Waals surface area contributed by atoms with Gasteiger partial charge in [0.2, 0.25) is 15.9 Å². The summed E-state index contributed by atoms with van der Waals surface area (Å²) in [5.74, 6) is -0.0925. The molecule has 1 aliphatic rings. The Hall–Kier alpha value is -1.59. The van der Waals surface area contributed by atoms with E-state index in [0.29, 0.717) is 30.7 Å². The van der Waals surface area contributed by atoms with E-state index >= 15 is 0 Å². The fourth-order valence-corrected chi connectivity index (χ4v) is 5.48. The van der Waals surface area contributed by atoms with Crippen LogP contribution in [0.1, 0.15) is 30.7 Å². The van der Waals surface area contributed by atoms with Crippen molar-refractivity contribution in [2.75, 3.05) is 32.2 Å². The molecule has 0 aromatic carbocycles. The van der Waals surface area contributed by atoms with Crippen molar-refractivity contribution < 1.29 is 27.3 Å². The number of thioether (sulfide) groups is 1. The highest BCUT2D eigenvalue weighted by Crippen LogP contribution is 2.27. The second kappa shape index (κ2) is 9.75. The van der Waals surface area contributed by atoms with Crippen molar-refractivity contribution in [3.05, 3.63) is 11.5 Å². The van der Waals surface area contributed by atoms with E-state index in [9.17, 15) is 18.0 Å². The smallest absolute Gasteiger partial charge is 0.328 e. The largest absolute Gasteiger partial charge is 0.467 e. The number of amides is 1. The van der Waals surface area contributed by atoms with Crippen molar-refractivity contribution in [2.45, 2.75) is 44.0 Å². The Labute approximate surface area is 169 Å². The van der Waals surface area contributed by atoms with Crippen molar-refractivity contribution in [1.29, 1.82) is 0 Å². The van der Waals surface area contributed by atoms with Crippen LogP contribution in [0.4, 0.5) is 0 Å². The lowest BCUT2D eigenvalue weighted by atomic mass is 9.96. The number of ether oxygens (including phenoxy) is 1. The van der Waals surface area contributed by atoms with Crippen molar-refractivity contribution in [3.63, 3.8) is 0 Å². The van der Waals surface area contributed by atoms with Crippen molar-refractivity contribution in [1.82, 2.24) is 14.8 Å². The van der Waals surface area contributed by atoms with E-state index in [1.54, 1.807) is 25.6 Å². The molecule has 1 aliphatic heterocycles. The minimum absolute atomic E-state index is 0.0956. The monoisotopic (exact) mass is 433 g/mol. The van der Waals surface area contributed by atoms with Crippen molar-refractivity contribution >= 4 is 33.7 Å². The van der Waals surface area contributed by atoms with Crippen LogP contribution >= 0.6 is 11.8 Å². The summed E-state index contributed by atoms with van der Waals surface area (Å²) < 4.78 is 36.8. The van der Waals surface area contributed by atoms with Crippen LogP contribution < -0.4 is 5.32 Å². The second-order valence-electron chi connectivity index (χ2n) is 6.70. The molecule has 0 bridgehead atoms. The SMILES string of the molecule is COC(=O)[C@H](CCSC)NC(=O)C1CCN(S(=O)(=O)c2c(C)noc2C)CC1. The third kappa shape index (κ3) is 5.06. The van der Waals surface area contributed by atoms with Gasteiger partial charge in [0, 0.05) is 19.0 Å². The number of sulfonamides is 1. The quantitative estimate of drug-likeness (QED) is 0.606. The first-order chi connectivity index (χ1) is 13.2. The van der Waals surface area contributed by atoms with Gasteiger partial charge in [0.05, 0.1) is 7.11 Å². The Morgan fingerprint density at radius 2 is 2.00 bits per heavy atom. The predicted molar refractivity (Wildman–Crippen MR) is 104 cm³/mol. The molecular formula is C17H27N3O6S2. The zero-order valence-electron chi connectivity index (χ0n) is 16.6. The van der Waals surface area contributed by atoms with Gasteiger partial charge in [-0.2, -0.15) is 16.1 Å². The predicted octanol–water partition coefficient (Wildman–Crippen LogP) is 1.10. The summed E-state index contributed by atoms with van der Waals surface area (Å²) in [4.78, 5) is 24.5. The Balaban J connectivity index is 1.99. The molecule has 0 spiro atoms. The number of nitrogens with one attached hydrogen (secondary N) is 1. The summed E-state index contributed by atoms with van der Waals surface area (Å²) in [6.07, 6.45) is 3.17. The van der Waals surface area contributed by atoms with Gasteiger partial charge in [-0.05, 0) is 45.1 Å². The molecule has 158 valence electrons. The van der Waals surface area contributed by atoms with Gasteiger partial charge in [0.25, 0.3) is 0 Å². The van der Waals surface area contributed by atoms with Crippen LogP contribution in [-0.4, -0.2) is 68.0 Å². The maximum absolute atomic E-state index is 12.9. The first-order valence-electron chi connectivity index (χ1n) is 9.02. The molecule has 1 aromatic heterocycles. The fraction of sp³-hybridized carbons (Fsp3) is 0.706. The number of carbonyl (C=O) groups excluding carboxylic acids is 2. The Kier molecular flexibility index (Phi) is 7.90. The molecule has 0 radical (unpaired) electrons.